The predicted molar refractivity (Wildman–Crippen MR) is 65.5 cm³/mol. The van der Waals surface area contributed by atoms with Gasteiger partial charge in [-0.3, -0.25) is 9.67 Å². The van der Waals surface area contributed by atoms with Crippen molar-refractivity contribution in [2.24, 2.45) is 7.05 Å². The lowest BCUT2D eigenvalue weighted by Gasteiger charge is -2.12. The van der Waals surface area contributed by atoms with E-state index in [1.807, 2.05) is 36.9 Å². The Labute approximate surface area is 101 Å². The van der Waals surface area contributed by atoms with Crippen LogP contribution in [0.1, 0.15) is 29.5 Å². The van der Waals surface area contributed by atoms with Gasteiger partial charge in [0.25, 0.3) is 0 Å². The summed E-state index contributed by atoms with van der Waals surface area (Å²) in [7, 11) is 1.91. The van der Waals surface area contributed by atoms with Crippen LogP contribution in [0.4, 0.5) is 0 Å². The maximum Gasteiger partial charge on any atom is 0.0966 e. The predicted octanol–water partition coefficient (Wildman–Crippen LogP) is 1.79. The molecule has 0 saturated carbocycles. The van der Waals surface area contributed by atoms with E-state index in [0.29, 0.717) is 6.42 Å². The molecule has 2 aromatic rings. The lowest BCUT2D eigenvalue weighted by molar-refractivity contribution is 0.161. The number of nitrogens with zero attached hydrogens (tertiary/aromatic N) is 3. The second-order valence-corrected chi connectivity index (χ2v) is 4.21. The number of hydrogen-bond donors (Lipinski definition) is 1. The average Bonchev–Trinajstić information content (AvgIpc) is 2.72. The fourth-order valence-electron chi connectivity index (χ4n) is 1.91. The normalized spacial score (nSPS) is 12.6. The summed E-state index contributed by atoms with van der Waals surface area (Å²) < 4.78 is 1.83. The van der Waals surface area contributed by atoms with E-state index in [0.717, 1.165) is 23.4 Å². The lowest BCUT2D eigenvalue weighted by atomic mass is 10.1. The first-order chi connectivity index (χ1) is 8.18. The van der Waals surface area contributed by atoms with Gasteiger partial charge in [0.15, 0.2) is 0 Å². The largest absolute Gasteiger partial charge is 0.387 e. The van der Waals surface area contributed by atoms with Gasteiger partial charge in [0, 0.05) is 25.1 Å². The fourth-order valence-corrected chi connectivity index (χ4v) is 1.91. The molecule has 0 radical (unpaired) electrons. The summed E-state index contributed by atoms with van der Waals surface area (Å²) in [6.07, 6.45) is 4.44. The van der Waals surface area contributed by atoms with Gasteiger partial charge in [0.2, 0.25) is 0 Å². The van der Waals surface area contributed by atoms with Crippen molar-refractivity contribution in [3.8, 4) is 0 Å². The molecule has 0 aliphatic carbocycles. The van der Waals surface area contributed by atoms with Gasteiger partial charge in [-0.1, -0.05) is 6.07 Å². The zero-order chi connectivity index (χ0) is 12.3. The highest BCUT2D eigenvalue weighted by Crippen LogP contribution is 2.19. The van der Waals surface area contributed by atoms with Gasteiger partial charge < -0.3 is 5.11 Å². The summed E-state index contributed by atoms with van der Waals surface area (Å²) in [5.74, 6) is 0. The smallest absolute Gasteiger partial charge is 0.0966 e. The van der Waals surface area contributed by atoms with Crippen molar-refractivity contribution in [2.75, 3.05) is 0 Å². The van der Waals surface area contributed by atoms with Crippen LogP contribution < -0.4 is 0 Å². The van der Waals surface area contributed by atoms with E-state index < -0.39 is 6.10 Å². The van der Waals surface area contributed by atoms with Crippen LogP contribution in [0.3, 0.4) is 0 Å². The minimum absolute atomic E-state index is 0.508. The molecule has 1 N–H and O–H groups in total. The van der Waals surface area contributed by atoms with Gasteiger partial charge in [-0.2, -0.15) is 5.10 Å². The third-order valence-corrected chi connectivity index (χ3v) is 2.96. The summed E-state index contributed by atoms with van der Waals surface area (Å²) in [5.41, 5.74) is 2.93. The maximum atomic E-state index is 10.1. The Kier molecular flexibility index (Phi) is 3.54. The van der Waals surface area contributed by atoms with E-state index in [2.05, 4.69) is 10.1 Å². The first kappa shape index (κ1) is 11.8. The van der Waals surface area contributed by atoms with Gasteiger partial charge in [0.1, 0.15) is 0 Å². The molecule has 2 heterocycles. The lowest BCUT2D eigenvalue weighted by Crippen LogP contribution is -2.06. The van der Waals surface area contributed by atoms with Crippen LogP contribution in [0.25, 0.3) is 0 Å². The molecule has 2 rings (SSSR count). The number of aromatic nitrogens is 3. The Morgan fingerprint density at radius 2 is 2.18 bits per heavy atom. The molecule has 0 aromatic carbocycles. The molecule has 0 saturated heterocycles. The highest BCUT2D eigenvalue weighted by molar-refractivity contribution is 5.20. The summed E-state index contributed by atoms with van der Waals surface area (Å²) >= 11 is 0. The van der Waals surface area contributed by atoms with Crippen LogP contribution in [-0.4, -0.2) is 19.9 Å². The summed E-state index contributed by atoms with van der Waals surface area (Å²) in [5, 5.41) is 14.2. The second-order valence-electron chi connectivity index (χ2n) is 4.21. The van der Waals surface area contributed by atoms with Crippen molar-refractivity contribution >= 4 is 0 Å². The molecule has 0 amide bonds. The van der Waals surface area contributed by atoms with Gasteiger partial charge >= 0.3 is 0 Å². The number of aryl methyl sites for hydroxylation is 3. The molecule has 17 heavy (non-hydrogen) atoms. The number of pyridine rings is 1. The van der Waals surface area contributed by atoms with E-state index in [1.165, 1.54) is 0 Å². The molecule has 0 spiro atoms. The molecule has 0 bridgehead atoms. The van der Waals surface area contributed by atoms with Crippen LogP contribution >= 0.6 is 0 Å². The highest BCUT2D eigenvalue weighted by Gasteiger charge is 2.12. The van der Waals surface area contributed by atoms with Crippen molar-refractivity contribution < 1.29 is 5.11 Å². The van der Waals surface area contributed by atoms with Crippen molar-refractivity contribution in [1.82, 2.24) is 14.8 Å². The van der Waals surface area contributed by atoms with E-state index in [-0.39, 0.29) is 0 Å². The van der Waals surface area contributed by atoms with Gasteiger partial charge in [-0.05, 0) is 37.5 Å². The second kappa shape index (κ2) is 5.10. The maximum absolute atomic E-state index is 10.1. The monoisotopic (exact) mass is 231 g/mol. The van der Waals surface area contributed by atoms with E-state index >= 15 is 0 Å². The zero-order valence-electron chi connectivity index (χ0n) is 10.2. The molecule has 0 aliphatic heterocycles. The van der Waals surface area contributed by atoms with E-state index in [1.54, 1.807) is 12.4 Å². The van der Waals surface area contributed by atoms with Crippen molar-refractivity contribution in [3.05, 3.63) is 47.5 Å². The standard InChI is InChI=1S/C13H17N3O/c1-10-4-3-8-14-13(10)12(17)6-5-11-7-9-15-16(11)2/h3-4,7-9,12,17H,5-6H2,1-2H3. The molecular formula is C13H17N3O. The molecule has 0 aliphatic rings. The quantitative estimate of drug-likeness (QED) is 0.872. The van der Waals surface area contributed by atoms with Crippen LogP contribution in [0.5, 0.6) is 0 Å². The van der Waals surface area contributed by atoms with Crippen molar-refractivity contribution in [3.63, 3.8) is 0 Å². The van der Waals surface area contributed by atoms with Crippen LogP contribution in [-0.2, 0) is 13.5 Å². The fraction of sp³-hybridized carbons (Fsp3) is 0.385. The summed E-state index contributed by atoms with van der Waals surface area (Å²) in [6.45, 7) is 1.97. The molecule has 4 heteroatoms. The molecule has 1 atom stereocenters. The van der Waals surface area contributed by atoms with Crippen molar-refractivity contribution in [1.29, 1.82) is 0 Å². The number of aliphatic hydroxyl groups excluding tert-OH is 1. The minimum Gasteiger partial charge on any atom is -0.387 e. The Balaban J connectivity index is 2.01. The first-order valence-electron chi connectivity index (χ1n) is 5.75. The van der Waals surface area contributed by atoms with Gasteiger partial charge in [0.05, 0.1) is 11.8 Å². The van der Waals surface area contributed by atoms with Crippen LogP contribution in [0.15, 0.2) is 30.6 Å². The molecule has 2 aromatic heterocycles. The first-order valence-corrected chi connectivity index (χ1v) is 5.75. The van der Waals surface area contributed by atoms with Crippen LogP contribution in [0.2, 0.25) is 0 Å². The SMILES string of the molecule is Cc1cccnc1C(O)CCc1ccnn1C. The highest BCUT2D eigenvalue weighted by atomic mass is 16.3. The van der Waals surface area contributed by atoms with E-state index in [9.17, 15) is 5.11 Å². The molecular weight excluding hydrogens is 214 g/mol. The topological polar surface area (TPSA) is 50.9 Å². The number of rotatable bonds is 4. The molecule has 90 valence electrons. The van der Waals surface area contributed by atoms with Gasteiger partial charge in [-0.25, -0.2) is 0 Å². The molecule has 4 nitrogen and oxygen atoms in total. The molecule has 0 fully saturated rings. The summed E-state index contributed by atoms with van der Waals surface area (Å²) in [4.78, 5) is 4.23. The number of hydrogen-bond acceptors (Lipinski definition) is 3. The third-order valence-electron chi connectivity index (χ3n) is 2.96. The summed E-state index contributed by atoms with van der Waals surface area (Å²) in [6, 6.07) is 5.82. The van der Waals surface area contributed by atoms with Crippen LogP contribution in [0, 0.1) is 6.92 Å². The Hall–Kier alpha value is -1.68. The Morgan fingerprint density at radius 1 is 1.35 bits per heavy atom. The number of aliphatic hydroxyl groups is 1. The van der Waals surface area contributed by atoms with Gasteiger partial charge in [-0.15, -0.1) is 0 Å². The minimum atomic E-state index is -0.508. The van der Waals surface area contributed by atoms with Crippen molar-refractivity contribution in [2.45, 2.75) is 25.9 Å². The molecule has 1 unspecified atom stereocenters. The Bertz CT molecular complexity index is 493. The average molecular weight is 231 g/mol. The zero-order valence-corrected chi connectivity index (χ0v) is 10.2. The van der Waals surface area contributed by atoms with E-state index in [4.69, 9.17) is 0 Å². The third kappa shape index (κ3) is 2.71. The Morgan fingerprint density at radius 3 is 2.82 bits per heavy atom.